The summed E-state index contributed by atoms with van der Waals surface area (Å²) in [5.74, 6) is -0.282. The SMILES string of the molecule is CNC(C)(C#N)CCN1C(=O)CC(C)(C)C1=O. The summed E-state index contributed by atoms with van der Waals surface area (Å²) >= 11 is 0. The molecule has 0 bridgehead atoms. The average Bonchev–Trinajstić information content (AvgIpc) is 2.46. The second kappa shape index (κ2) is 4.46. The van der Waals surface area contributed by atoms with Gasteiger partial charge >= 0.3 is 0 Å². The third-order valence-corrected chi connectivity index (χ3v) is 3.35. The first-order chi connectivity index (χ1) is 7.75. The van der Waals surface area contributed by atoms with Crippen molar-refractivity contribution in [3.8, 4) is 6.07 Å². The Morgan fingerprint density at radius 2 is 2.12 bits per heavy atom. The number of nitriles is 1. The molecule has 0 aromatic rings. The predicted molar refractivity (Wildman–Crippen MR) is 62.8 cm³/mol. The lowest BCUT2D eigenvalue weighted by atomic mass is 9.92. The summed E-state index contributed by atoms with van der Waals surface area (Å²) in [4.78, 5) is 24.9. The maximum Gasteiger partial charge on any atom is 0.235 e. The van der Waals surface area contributed by atoms with E-state index in [-0.39, 0.29) is 18.2 Å². The number of likely N-dealkylation sites (tertiary alicyclic amines) is 1. The molecule has 94 valence electrons. The molecule has 1 unspecified atom stereocenters. The van der Waals surface area contributed by atoms with Crippen LogP contribution in [0.15, 0.2) is 0 Å². The fourth-order valence-corrected chi connectivity index (χ4v) is 1.83. The quantitative estimate of drug-likeness (QED) is 0.729. The Labute approximate surface area is 102 Å². The number of hydrogen-bond acceptors (Lipinski definition) is 4. The van der Waals surface area contributed by atoms with Gasteiger partial charge in [-0.2, -0.15) is 5.26 Å². The van der Waals surface area contributed by atoms with Gasteiger partial charge in [0.05, 0.1) is 11.5 Å². The zero-order chi connectivity index (χ0) is 13.3. The Morgan fingerprint density at radius 1 is 1.53 bits per heavy atom. The number of hydrogen-bond donors (Lipinski definition) is 1. The van der Waals surface area contributed by atoms with Crippen molar-refractivity contribution >= 4 is 11.8 Å². The fourth-order valence-electron chi connectivity index (χ4n) is 1.83. The highest BCUT2D eigenvalue weighted by atomic mass is 16.2. The molecule has 0 aromatic carbocycles. The lowest BCUT2D eigenvalue weighted by Gasteiger charge is -2.24. The minimum atomic E-state index is -0.701. The van der Waals surface area contributed by atoms with Crippen molar-refractivity contribution in [2.75, 3.05) is 13.6 Å². The maximum absolute atomic E-state index is 11.9. The first-order valence-corrected chi connectivity index (χ1v) is 5.71. The molecule has 1 N–H and O–H groups in total. The first-order valence-electron chi connectivity index (χ1n) is 5.71. The maximum atomic E-state index is 11.9. The topological polar surface area (TPSA) is 73.2 Å². The molecule has 2 amide bonds. The number of amides is 2. The molecule has 0 aromatic heterocycles. The van der Waals surface area contributed by atoms with Gasteiger partial charge in [0.15, 0.2) is 0 Å². The van der Waals surface area contributed by atoms with Crippen LogP contribution in [0.1, 0.15) is 33.6 Å². The monoisotopic (exact) mass is 237 g/mol. The van der Waals surface area contributed by atoms with Crippen LogP contribution in [0.2, 0.25) is 0 Å². The van der Waals surface area contributed by atoms with E-state index in [1.165, 1.54) is 4.90 Å². The Hall–Kier alpha value is -1.41. The number of carbonyl (C=O) groups is 2. The molecule has 1 saturated heterocycles. The minimum absolute atomic E-state index is 0.140. The lowest BCUT2D eigenvalue weighted by molar-refractivity contribution is -0.140. The third kappa shape index (κ3) is 2.64. The van der Waals surface area contributed by atoms with Gasteiger partial charge in [0.25, 0.3) is 0 Å². The van der Waals surface area contributed by atoms with Gasteiger partial charge in [-0.25, -0.2) is 0 Å². The second-order valence-electron chi connectivity index (χ2n) is 5.36. The molecule has 1 heterocycles. The summed E-state index contributed by atoms with van der Waals surface area (Å²) in [6.45, 7) is 5.60. The molecule has 0 radical (unpaired) electrons. The van der Waals surface area contributed by atoms with Gasteiger partial charge in [0, 0.05) is 13.0 Å². The Kier molecular flexibility index (Phi) is 3.58. The van der Waals surface area contributed by atoms with Crippen molar-refractivity contribution in [3.63, 3.8) is 0 Å². The van der Waals surface area contributed by atoms with Gasteiger partial charge < -0.3 is 5.32 Å². The molecule has 1 fully saturated rings. The molecular weight excluding hydrogens is 218 g/mol. The van der Waals surface area contributed by atoms with Crippen LogP contribution >= 0.6 is 0 Å². The van der Waals surface area contributed by atoms with Gasteiger partial charge in [0.1, 0.15) is 5.54 Å². The standard InChI is InChI=1S/C12H19N3O2/c1-11(2)7-9(16)15(10(11)17)6-5-12(3,8-13)14-4/h14H,5-7H2,1-4H3. The van der Waals surface area contributed by atoms with Crippen LogP contribution in [0.4, 0.5) is 0 Å². The van der Waals surface area contributed by atoms with E-state index in [4.69, 9.17) is 5.26 Å². The lowest BCUT2D eigenvalue weighted by Crippen LogP contribution is -2.43. The molecule has 1 atom stereocenters. The second-order valence-corrected chi connectivity index (χ2v) is 5.36. The summed E-state index contributed by atoms with van der Waals surface area (Å²) in [6.07, 6.45) is 0.697. The van der Waals surface area contributed by atoms with Crippen molar-refractivity contribution in [2.24, 2.45) is 5.41 Å². The van der Waals surface area contributed by atoms with E-state index >= 15 is 0 Å². The minimum Gasteiger partial charge on any atom is -0.303 e. The van der Waals surface area contributed by atoms with Gasteiger partial charge in [-0.1, -0.05) is 13.8 Å². The van der Waals surface area contributed by atoms with Gasteiger partial charge in [-0.3, -0.25) is 14.5 Å². The molecular formula is C12H19N3O2. The number of nitrogens with one attached hydrogen (secondary N) is 1. The van der Waals surface area contributed by atoms with Gasteiger partial charge in [-0.05, 0) is 20.4 Å². The normalized spacial score (nSPS) is 22.4. The highest BCUT2D eigenvalue weighted by Gasteiger charge is 2.44. The molecule has 1 aliphatic rings. The number of carbonyl (C=O) groups excluding carboxylic acids is 2. The fraction of sp³-hybridized carbons (Fsp3) is 0.750. The number of nitrogens with zero attached hydrogens (tertiary/aromatic N) is 2. The molecule has 1 aliphatic heterocycles. The zero-order valence-corrected chi connectivity index (χ0v) is 10.8. The van der Waals surface area contributed by atoms with Gasteiger partial charge in [0.2, 0.25) is 11.8 Å². The van der Waals surface area contributed by atoms with Crippen molar-refractivity contribution in [1.29, 1.82) is 5.26 Å². The molecule has 5 nitrogen and oxygen atoms in total. The average molecular weight is 237 g/mol. The Morgan fingerprint density at radius 3 is 2.47 bits per heavy atom. The van der Waals surface area contributed by atoms with Crippen LogP contribution in [0.5, 0.6) is 0 Å². The van der Waals surface area contributed by atoms with E-state index in [2.05, 4.69) is 11.4 Å². The van der Waals surface area contributed by atoms with E-state index in [1.54, 1.807) is 27.8 Å². The van der Waals surface area contributed by atoms with Crippen LogP contribution in [-0.2, 0) is 9.59 Å². The van der Waals surface area contributed by atoms with Crippen LogP contribution in [-0.4, -0.2) is 35.8 Å². The summed E-state index contributed by atoms with van der Waals surface area (Å²) in [6, 6.07) is 2.14. The largest absolute Gasteiger partial charge is 0.303 e. The summed E-state index contributed by atoms with van der Waals surface area (Å²) < 4.78 is 0. The van der Waals surface area contributed by atoms with Crippen molar-refractivity contribution in [1.82, 2.24) is 10.2 Å². The van der Waals surface area contributed by atoms with E-state index in [1.807, 2.05) is 0 Å². The highest BCUT2D eigenvalue weighted by Crippen LogP contribution is 2.31. The van der Waals surface area contributed by atoms with E-state index in [9.17, 15) is 9.59 Å². The van der Waals surface area contributed by atoms with Crippen LogP contribution in [0, 0.1) is 16.7 Å². The summed E-state index contributed by atoms with van der Waals surface area (Å²) in [5.41, 5.74) is -1.30. The summed E-state index contributed by atoms with van der Waals surface area (Å²) in [7, 11) is 1.70. The number of imide groups is 1. The van der Waals surface area contributed by atoms with Crippen LogP contribution in [0.25, 0.3) is 0 Å². The first kappa shape index (κ1) is 13.7. The molecule has 0 saturated carbocycles. The predicted octanol–water partition coefficient (Wildman–Crippen LogP) is 0.663. The highest BCUT2D eigenvalue weighted by molar-refractivity contribution is 6.05. The Balaban J connectivity index is 2.69. The zero-order valence-electron chi connectivity index (χ0n) is 10.8. The molecule has 17 heavy (non-hydrogen) atoms. The molecule has 5 heteroatoms. The van der Waals surface area contributed by atoms with Crippen molar-refractivity contribution in [2.45, 2.75) is 39.2 Å². The van der Waals surface area contributed by atoms with Gasteiger partial charge in [-0.15, -0.1) is 0 Å². The van der Waals surface area contributed by atoms with Crippen molar-refractivity contribution in [3.05, 3.63) is 0 Å². The van der Waals surface area contributed by atoms with E-state index in [0.717, 1.165) is 0 Å². The van der Waals surface area contributed by atoms with Crippen molar-refractivity contribution < 1.29 is 9.59 Å². The van der Waals surface area contributed by atoms with Crippen LogP contribution in [0.3, 0.4) is 0 Å². The van der Waals surface area contributed by atoms with Crippen LogP contribution < -0.4 is 5.32 Å². The molecule has 0 spiro atoms. The molecule has 1 rings (SSSR count). The number of rotatable bonds is 4. The van der Waals surface area contributed by atoms with E-state index in [0.29, 0.717) is 13.0 Å². The molecule has 0 aliphatic carbocycles. The third-order valence-electron chi connectivity index (χ3n) is 3.35. The summed E-state index contributed by atoms with van der Waals surface area (Å²) in [5, 5.41) is 11.9. The van der Waals surface area contributed by atoms with E-state index < -0.39 is 11.0 Å². The Bertz CT molecular complexity index is 384. The smallest absolute Gasteiger partial charge is 0.235 e.